The summed E-state index contributed by atoms with van der Waals surface area (Å²) in [6, 6.07) is 3.76. The van der Waals surface area contributed by atoms with Crippen molar-refractivity contribution in [1.29, 1.82) is 0 Å². The van der Waals surface area contributed by atoms with Gasteiger partial charge in [0, 0.05) is 12.1 Å². The van der Waals surface area contributed by atoms with Gasteiger partial charge in [0.25, 0.3) is 0 Å². The molecule has 1 rings (SSSR count). The van der Waals surface area contributed by atoms with Crippen LogP contribution in [-0.2, 0) is 0 Å². The third-order valence-corrected chi connectivity index (χ3v) is 2.86. The zero-order valence-corrected chi connectivity index (χ0v) is 10.7. The van der Waals surface area contributed by atoms with Gasteiger partial charge in [-0.3, -0.25) is 0 Å². The molecule has 0 amide bonds. The zero-order valence-electron chi connectivity index (χ0n) is 9.96. The van der Waals surface area contributed by atoms with Gasteiger partial charge >= 0.3 is 0 Å². The van der Waals surface area contributed by atoms with Crippen molar-refractivity contribution < 1.29 is 4.74 Å². The molecule has 1 aromatic carbocycles. The summed E-state index contributed by atoms with van der Waals surface area (Å²) in [4.78, 5) is 0. The number of hydrogen-bond donors (Lipinski definition) is 2. The molecule has 2 atom stereocenters. The molecule has 2 unspecified atom stereocenters. The molecule has 0 saturated carbocycles. The van der Waals surface area contributed by atoms with Crippen molar-refractivity contribution in [3.05, 3.63) is 28.3 Å². The van der Waals surface area contributed by atoms with Gasteiger partial charge in [-0.15, -0.1) is 0 Å². The summed E-state index contributed by atoms with van der Waals surface area (Å²) in [5.41, 5.74) is 13.9. The summed E-state index contributed by atoms with van der Waals surface area (Å²) < 4.78 is 5.14. The van der Waals surface area contributed by atoms with Gasteiger partial charge in [0.15, 0.2) is 0 Å². The van der Waals surface area contributed by atoms with E-state index in [1.165, 1.54) is 0 Å². The predicted octanol–water partition coefficient (Wildman–Crippen LogP) is 2.39. The molecule has 16 heavy (non-hydrogen) atoms. The molecule has 0 saturated heterocycles. The monoisotopic (exact) mass is 242 g/mol. The lowest BCUT2D eigenvalue weighted by Crippen LogP contribution is -2.23. The van der Waals surface area contributed by atoms with E-state index in [0.29, 0.717) is 10.8 Å². The third-order valence-electron chi connectivity index (χ3n) is 2.57. The molecule has 0 radical (unpaired) electrons. The van der Waals surface area contributed by atoms with E-state index in [2.05, 4.69) is 0 Å². The van der Waals surface area contributed by atoms with Crippen LogP contribution < -0.4 is 16.2 Å². The Morgan fingerprint density at radius 3 is 2.50 bits per heavy atom. The van der Waals surface area contributed by atoms with E-state index in [-0.39, 0.29) is 12.1 Å². The average Bonchev–Trinajstić information content (AvgIpc) is 2.19. The number of benzene rings is 1. The Bertz CT molecular complexity index is 366. The van der Waals surface area contributed by atoms with Crippen LogP contribution in [0.3, 0.4) is 0 Å². The van der Waals surface area contributed by atoms with E-state index in [4.69, 9.17) is 27.8 Å². The van der Waals surface area contributed by atoms with Gasteiger partial charge in [0.05, 0.1) is 12.1 Å². The molecule has 0 bridgehead atoms. The number of methoxy groups -OCH3 is 1. The van der Waals surface area contributed by atoms with Crippen molar-refractivity contribution in [3.8, 4) is 5.75 Å². The zero-order chi connectivity index (χ0) is 12.3. The van der Waals surface area contributed by atoms with Crippen LogP contribution in [0.25, 0.3) is 0 Å². The van der Waals surface area contributed by atoms with E-state index in [0.717, 1.165) is 17.5 Å². The smallest absolute Gasteiger partial charge is 0.137 e. The second kappa shape index (κ2) is 5.53. The fourth-order valence-corrected chi connectivity index (χ4v) is 2.00. The molecule has 0 aliphatic carbocycles. The Kier molecular flexibility index (Phi) is 4.59. The predicted molar refractivity (Wildman–Crippen MR) is 67.9 cm³/mol. The molecule has 0 fully saturated rings. The highest BCUT2D eigenvalue weighted by molar-refractivity contribution is 6.32. The number of halogens is 1. The molecule has 0 spiro atoms. The van der Waals surface area contributed by atoms with Crippen LogP contribution in [0, 0.1) is 6.92 Å². The largest absolute Gasteiger partial charge is 0.495 e. The highest BCUT2D eigenvalue weighted by Gasteiger charge is 2.14. The average molecular weight is 243 g/mol. The molecular weight excluding hydrogens is 224 g/mol. The van der Waals surface area contributed by atoms with Crippen LogP contribution >= 0.6 is 11.6 Å². The lowest BCUT2D eigenvalue weighted by Gasteiger charge is -2.18. The number of hydrogen-bond acceptors (Lipinski definition) is 3. The molecule has 1 aromatic rings. The number of rotatable bonds is 4. The Morgan fingerprint density at radius 2 is 2.00 bits per heavy atom. The van der Waals surface area contributed by atoms with Gasteiger partial charge in [0.2, 0.25) is 0 Å². The third kappa shape index (κ3) is 3.11. The van der Waals surface area contributed by atoms with E-state index in [1.807, 2.05) is 26.0 Å². The summed E-state index contributed by atoms with van der Waals surface area (Å²) in [6.07, 6.45) is 0.740. The lowest BCUT2D eigenvalue weighted by atomic mass is 9.97. The van der Waals surface area contributed by atoms with Crippen LogP contribution in [0.4, 0.5) is 0 Å². The molecule has 0 aliphatic rings. The highest BCUT2D eigenvalue weighted by atomic mass is 35.5. The fraction of sp³-hybridized carbons (Fsp3) is 0.500. The lowest BCUT2D eigenvalue weighted by molar-refractivity contribution is 0.414. The first-order valence-electron chi connectivity index (χ1n) is 5.31. The van der Waals surface area contributed by atoms with Gasteiger partial charge in [-0.25, -0.2) is 0 Å². The number of ether oxygens (including phenoxy) is 1. The van der Waals surface area contributed by atoms with Gasteiger partial charge in [-0.1, -0.05) is 11.6 Å². The molecule has 4 heteroatoms. The van der Waals surface area contributed by atoms with Crippen LogP contribution in [0.2, 0.25) is 5.02 Å². The van der Waals surface area contributed by atoms with Crippen molar-refractivity contribution >= 4 is 11.6 Å². The quantitative estimate of drug-likeness (QED) is 0.852. The molecule has 90 valence electrons. The second-order valence-corrected chi connectivity index (χ2v) is 4.57. The van der Waals surface area contributed by atoms with Gasteiger partial charge < -0.3 is 16.2 Å². The molecule has 0 aromatic heterocycles. The normalized spacial score (nSPS) is 14.6. The minimum atomic E-state index is -0.0802. The van der Waals surface area contributed by atoms with Crippen molar-refractivity contribution in [2.75, 3.05) is 7.11 Å². The minimum Gasteiger partial charge on any atom is -0.495 e. The molecular formula is C12H19ClN2O. The maximum absolute atomic E-state index is 6.08. The van der Waals surface area contributed by atoms with Crippen LogP contribution in [0.5, 0.6) is 5.75 Å². The maximum Gasteiger partial charge on any atom is 0.137 e. The molecule has 0 heterocycles. The number of aryl methyl sites for hydroxylation is 1. The topological polar surface area (TPSA) is 61.3 Å². The summed E-state index contributed by atoms with van der Waals surface area (Å²) in [7, 11) is 1.60. The van der Waals surface area contributed by atoms with E-state index in [9.17, 15) is 0 Å². The second-order valence-electron chi connectivity index (χ2n) is 4.16. The van der Waals surface area contributed by atoms with Gasteiger partial charge in [0.1, 0.15) is 5.75 Å². The van der Waals surface area contributed by atoms with Crippen LogP contribution in [0.1, 0.15) is 30.5 Å². The minimum absolute atomic E-state index is 0.0790. The first-order valence-corrected chi connectivity index (χ1v) is 5.68. The summed E-state index contributed by atoms with van der Waals surface area (Å²) >= 11 is 6.07. The Balaban J connectivity index is 3.01. The van der Waals surface area contributed by atoms with Crippen molar-refractivity contribution in [3.63, 3.8) is 0 Å². The SMILES string of the molecule is COc1cc(C)c(C(N)CC(C)N)cc1Cl. The fourth-order valence-electron chi connectivity index (χ4n) is 1.75. The molecule has 3 nitrogen and oxygen atoms in total. The van der Waals surface area contributed by atoms with Crippen molar-refractivity contribution in [1.82, 2.24) is 0 Å². The van der Waals surface area contributed by atoms with Gasteiger partial charge in [-0.05, 0) is 43.5 Å². The first kappa shape index (κ1) is 13.3. The summed E-state index contributed by atoms with van der Waals surface area (Å²) in [6.45, 7) is 3.94. The molecule has 0 aliphatic heterocycles. The highest BCUT2D eigenvalue weighted by Crippen LogP contribution is 2.31. The Hall–Kier alpha value is -0.770. The van der Waals surface area contributed by atoms with Crippen LogP contribution in [0.15, 0.2) is 12.1 Å². The van der Waals surface area contributed by atoms with E-state index < -0.39 is 0 Å². The van der Waals surface area contributed by atoms with Crippen molar-refractivity contribution in [2.45, 2.75) is 32.4 Å². The summed E-state index contributed by atoms with van der Waals surface area (Å²) in [5.74, 6) is 0.677. The van der Waals surface area contributed by atoms with Gasteiger partial charge in [-0.2, -0.15) is 0 Å². The molecule has 4 N–H and O–H groups in total. The summed E-state index contributed by atoms with van der Waals surface area (Å²) in [5, 5.41) is 0.586. The van der Waals surface area contributed by atoms with Crippen molar-refractivity contribution in [2.24, 2.45) is 11.5 Å². The Morgan fingerprint density at radius 1 is 1.38 bits per heavy atom. The van der Waals surface area contributed by atoms with E-state index in [1.54, 1.807) is 7.11 Å². The van der Waals surface area contributed by atoms with Crippen LogP contribution in [-0.4, -0.2) is 13.2 Å². The Labute approximate surface area is 102 Å². The standard InChI is InChI=1S/C12H19ClN2O/c1-7-4-12(16-3)10(13)6-9(7)11(15)5-8(2)14/h4,6,8,11H,5,14-15H2,1-3H3. The van der Waals surface area contributed by atoms with E-state index >= 15 is 0 Å². The maximum atomic E-state index is 6.08. The number of nitrogens with two attached hydrogens (primary N) is 2. The first-order chi connectivity index (χ1) is 7.45.